The van der Waals surface area contributed by atoms with E-state index in [2.05, 4.69) is 20.8 Å². The fourth-order valence-electron chi connectivity index (χ4n) is 4.21. The van der Waals surface area contributed by atoms with Crippen molar-refractivity contribution in [2.75, 3.05) is 27.4 Å². The molecular formula is C27H33NO5. The first-order valence-electron chi connectivity index (χ1n) is 11.1. The van der Waals surface area contributed by atoms with Gasteiger partial charge in [-0.2, -0.15) is 0 Å². The van der Waals surface area contributed by atoms with Gasteiger partial charge in [0.25, 0.3) is 11.7 Å². The van der Waals surface area contributed by atoms with Gasteiger partial charge in [0.1, 0.15) is 11.5 Å². The summed E-state index contributed by atoms with van der Waals surface area (Å²) in [7, 11) is 3.12. The molecule has 0 radical (unpaired) electrons. The lowest BCUT2D eigenvalue weighted by Crippen LogP contribution is -2.31. The fourth-order valence-corrected chi connectivity index (χ4v) is 4.21. The van der Waals surface area contributed by atoms with Crippen LogP contribution >= 0.6 is 0 Å². The third-order valence-corrected chi connectivity index (χ3v) is 6.09. The van der Waals surface area contributed by atoms with Gasteiger partial charge in [0.2, 0.25) is 0 Å². The quantitative estimate of drug-likeness (QED) is 0.284. The summed E-state index contributed by atoms with van der Waals surface area (Å²) in [5.41, 5.74) is 3.02. The van der Waals surface area contributed by atoms with Crippen LogP contribution in [-0.4, -0.2) is 49.1 Å². The van der Waals surface area contributed by atoms with Gasteiger partial charge in [0.15, 0.2) is 0 Å². The molecule has 6 heteroatoms. The van der Waals surface area contributed by atoms with Gasteiger partial charge in [0.05, 0.1) is 24.3 Å². The summed E-state index contributed by atoms with van der Waals surface area (Å²) in [5.74, 6) is -1.10. The molecule has 0 aromatic heterocycles. The average Bonchev–Trinajstić information content (AvgIpc) is 3.03. The molecule has 1 saturated heterocycles. The molecule has 1 aliphatic rings. The number of Topliss-reactive ketones (excluding diaryl/α,β-unsaturated/α-hetero) is 1. The summed E-state index contributed by atoms with van der Waals surface area (Å²) in [6.45, 7) is 8.95. The van der Waals surface area contributed by atoms with E-state index in [4.69, 9.17) is 9.47 Å². The molecule has 1 heterocycles. The summed E-state index contributed by atoms with van der Waals surface area (Å²) >= 11 is 0. The zero-order chi connectivity index (χ0) is 24.3. The molecule has 1 atom stereocenters. The van der Waals surface area contributed by atoms with Crippen molar-refractivity contribution in [2.45, 2.75) is 45.6 Å². The first kappa shape index (κ1) is 24.5. The van der Waals surface area contributed by atoms with E-state index in [1.807, 2.05) is 43.3 Å². The zero-order valence-electron chi connectivity index (χ0n) is 20.3. The van der Waals surface area contributed by atoms with Gasteiger partial charge < -0.3 is 19.5 Å². The minimum absolute atomic E-state index is 0.0797. The summed E-state index contributed by atoms with van der Waals surface area (Å²) in [5, 5.41) is 11.5. The van der Waals surface area contributed by atoms with Crippen molar-refractivity contribution in [3.8, 4) is 5.75 Å². The Morgan fingerprint density at radius 2 is 1.79 bits per heavy atom. The highest BCUT2D eigenvalue weighted by molar-refractivity contribution is 6.46. The van der Waals surface area contributed by atoms with Gasteiger partial charge in [0, 0.05) is 20.3 Å². The molecule has 0 aliphatic carbocycles. The number of rotatable bonds is 7. The Labute approximate surface area is 195 Å². The summed E-state index contributed by atoms with van der Waals surface area (Å²) < 4.78 is 10.7. The molecule has 0 saturated carbocycles. The number of aryl methyl sites for hydroxylation is 1. The molecule has 0 bridgehead atoms. The fraction of sp³-hybridized carbons (Fsp3) is 0.407. The predicted octanol–water partition coefficient (Wildman–Crippen LogP) is 4.76. The number of carbonyl (C=O) groups excluding carboxylic acids is 2. The number of hydrogen-bond acceptors (Lipinski definition) is 5. The van der Waals surface area contributed by atoms with E-state index < -0.39 is 17.7 Å². The largest absolute Gasteiger partial charge is 0.507 e. The molecule has 176 valence electrons. The standard InChI is InChI=1S/C27H33NO5/c1-17-10-7-8-11-19(17)23-22(25(30)26(31)28(23)14-9-15-32-5)24(29)20-16-18(27(2,3)4)12-13-21(20)33-6/h7-8,10-13,16,23,29H,9,14-15H2,1-6H3/b24-22+. The Balaban J connectivity index is 2.24. The first-order valence-corrected chi connectivity index (χ1v) is 11.1. The average molecular weight is 452 g/mol. The van der Waals surface area contributed by atoms with Gasteiger partial charge >= 0.3 is 0 Å². The molecule has 1 aliphatic heterocycles. The maximum absolute atomic E-state index is 13.3. The van der Waals surface area contributed by atoms with Crippen LogP contribution in [-0.2, 0) is 19.7 Å². The van der Waals surface area contributed by atoms with Gasteiger partial charge in [-0.3, -0.25) is 9.59 Å². The molecule has 0 spiro atoms. The molecule has 3 rings (SSSR count). The molecule has 1 amide bonds. The van der Waals surface area contributed by atoms with Crippen LogP contribution in [0.3, 0.4) is 0 Å². The summed E-state index contributed by atoms with van der Waals surface area (Å²) in [6, 6.07) is 12.5. The lowest BCUT2D eigenvalue weighted by atomic mass is 9.85. The van der Waals surface area contributed by atoms with E-state index in [9.17, 15) is 14.7 Å². The maximum Gasteiger partial charge on any atom is 0.295 e. The lowest BCUT2D eigenvalue weighted by molar-refractivity contribution is -0.140. The zero-order valence-corrected chi connectivity index (χ0v) is 20.3. The van der Waals surface area contributed by atoms with Crippen molar-refractivity contribution in [3.05, 3.63) is 70.3 Å². The van der Waals surface area contributed by atoms with Crippen LogP contribution in [0.15, 0.2) is 48.0 Å². The Bertz CT molecular complexity index is 1080. The normalized spacial score (nSPS) is 18.1. The van der Waals surface area contributed by atoms with E-state index in [1.54, 1.807) is 13.2 Å². The van der Waals surface area contributed by atoms with Crippen molar-refractivity contribution in [3.63, 3.8) is 0 Å². The van der Waals surface area contributed by atoms with Crippen molar-refractivity contribution in [2.24, 2.45) is 0 Å². The van der Waals surface area contributed by atoms with Gasteiger partial charge in [-0.15, -0.1) is 0 Å². The number of ether oxygens (including phenoxy) is 2. The van der Waals surface area contributed by atoms with Crippen LogP contribution in [0.2, 0.25) is 0 Å². The maximum atomic E-state index is 13.3. The number of aliphatic hydroxyl groups excluding tert-OH is 1. The molecule has 1 unspecified atom stereocenters. The number of ketones is 1. The highest BCUT2D eigenvalue weighted by Crippen LogP contribution is 2.42. The summed E-state index contributed by atoms with van der Waals surface area (Å²) in [6.07, 6.45) is 0.578. The molecule has 1 N–H and O–H groups in total. The number of likely N-dealkylation sites (tertiary alicyclic amines) is 1. The van der Waals surface area contributed by atoms with Crippen molar-refractivity contribution in [1.29, 1.82) is 0 Å². The number of amides is 1. The van der Waals surface area contributed by atoms with E-state index in [0.717, 1.165) is 16.7 Å². The van der Waals surface area contributed by atoms with Crippen LogP contribution in [0, 0.1) is 6.92 Å². The third kappa shape index (κ3) is 4.81. The van der Waals surface area contributed by atoms with E-state index in [0.29, 0.717) is 30.9 Å². The predicted molar refractivity (Wildman–Crippen MR) is 128 cm³/mol. The van der Waals surface area contributed by atoms with Crippen LogP contribution in [0.5, 0.6) is 5.75 Å². The highest BCUT2D eigenvalue weighted by atomic mass is 16.5. The summed E-state index contributed by atoms with van der Waals surface area (Å²) in [4.78, 5) is 27.9. The lowest BCUT2D eigenvalue weighted by Gasteiger charge is -2.27. The van der Waals surface area contributed by atoms with E-state index >= 15 is 0 Å². The molecule has 33 heavy (non-hydrogen) atoms. The van der Waals surface area contributed by atoms with Crippen molar-refractivity contribution < 1.29 is 24.2 Å². The van der Waals surface area contributed by atoms with Crippen molar-refractivity contribution in [1.82, 2.24) is 4.90 Å². The van der Waals surface area contributed by atoms with Crippen LogP contribution in [0.1, 0.15) is 55.5 Å². The van der Waals surface area contributed by atoms with Crippen LogP contribution in [0.25, 0.3) is 5.76 Å². The van der Waals surface area contributed by atoms with Gasteiger partial charge in [-0.1, -0.05) is 51.1 Å². The molecule has 1 fully saturated rings. The molecule has 2 aromatic carbocycles. The molecular weight excluding hydrogens is 418 g/mol. The Morgan fingerprint density at radius 1 is 1.09 bits per heavy atom. The number of nitrogens with zero attached hydrogens (tertiary/aromatic N) is 1. The second kappa shape index (κ2) is 9.79. The Morgan fingerprint density at radius 3 is 2.39 bits per heavy atom. The van der Waals surface area contributed by atoms with Crippen LogP contribution in [0.4, 0.5) is 0 Å². The highest BCUT2D eigenvalue weighted by Gasteiger charge is 2.46. The van der Waals surface area contributed by atoms with Crippen LogP contribution < -0.4 is 4.74 Å². The SMILES string of the molecule is COCCCN1C(=O)C(=O)/C(=C(/O)c2cc(C(C)(C)C)ccc2OC)C1c1ccccc1C. The topological polar surface area (TPSA) is 76.1 Å². The third-order valence-electron chi connectivity index (χ3n) is 6.09. The van der Waals surface area contributed by atoms with E-state index in [-0.39, 0.29) is 16.7 Å². The monoisotopic (exact) mass is 451 g/mol. The number of hydrogen-bond donors (Lipinski definition) is 1. The number of carbonyl (C=O) groups is 2. The minimum atomic E-state index is -0.693. The number of benzene rings is 2. The Hall–Kier alpha value is -3.12. The molecule has 2 aromatic rings. The number of methoxy groups -OCH3 is 2. The first-order chi connectivity index (χ1) is 15.6. The second-order valence-electron chi connectivity index (χ2n) is 9.36. The van der Waals surface area contributed by atoms with Gasteiger partial charge in [-0.25, -0.2) is 0 Å². The van der Waals surface area contributed by atoms with Crippen molar-refractivity contribution >= 4 is 17.4 Å². The minimum Gasteiger partial charge on any atom is -0.507 e. The smallest absolute Gasteiger partial charge is 0.295 e. The second-order valence-corrected chi connectivity index (χ2v) is 9.36. The molecule has 6 nitrogen and oxygen atoms in total. The Kier molecular flexibility index (Phi) is 7.28. The van der Waals surface area contributed by atoms with Gasteiger partial charge in [-0.05, 0) is 47.6 Å². The van der Waals surface area contributed by atoms with E-state index in [1.165, 1.54) is 12.0 Å². The number of aliphatic hydroxyl groups is 1.